The molecule has 1 atom stereocenters. The van der Waals surface area contributed by atoms with Gasteiger partial charge in [0.15, 0.2) is 9.84 Å². The highest BCUT2D eigenvalue weighted by Crippen LogP contribution is 2.27. The Balaban J connectivity index is 2.08. The van der Waals surface area contributed by atoms with E-state index >= 15 is 0 Å². The van der Waals surface area contributed by atoms with Crippen LogP contribution in [0.2, 0.25) is 5.02 Å². The summed E-state index contributed by atoms with van der Waals surface area (Å²) >= 11 is 5.89. The second-order valence-electron chi connectivity index (χ2n) is 5.24. The van der Waals surface area contributed by atoms with Gasteiger partial charge in [-0.3, -0.25) is 4.79 Å². The summed E-state index contributed by atoms with van der Waals surface area (Å²) in [5, 5.41) is 14.9. The van der Waals surface area contributed by atoms with Crippen LogP contribution in [0.4, 0.5) is 5.69 Å². The van der Waals surface area contributed by atoms with E-state index < -0.39 is 15.7 Å². The Labute approximate surface area is 145 Å². The molecular weight excluding hydrogens is 354 g/mol. The summed E-state index contributed by atoms with van der Waals surface area (Å²) in [6.45, 7) is 0. The van der Waals surface area contributed by atoms with Crippen molar-refractivity contribution < 1.29 is 17.9 Å². The molecule has 128 valence electrons. The van der Waals surface area contributed by atoms with Crippen LogP contribution in [-0.4, -0.2) is 39.0 Å². The molecule has 0 spiro atoms. The standard InChI is InChI=1S/C15H16ClN3O4S/c1-23-14-3-2-11(16)6-13(14)19-15(20)10(7-17)8-18-12-4-5-24(21,22)9-12/h2-3,6,8,12,18H,4-5,9H2,1H3,(H,19,20)/b10-8-. The number of ether oxygens (including phenoxy) is 1. The fourth-order valence-corrected chi connectivity index (χ4v) is 4.10. The minimum absolute atomic E-state index is 0.00799. The number of hydrogen-bond donors (Lipinski definition) is 2. The molecule has 9 heteroatoms. The zero-order valence-corrected chi connectivity index (χ0v) is 14.4. The SMILES string of the molecule is COc1ccc(Cl)cc1NC(=O)/C(C#N)=C\NC1CCS(=O)(=O)C1. The Morgan fingerprint density at radius 1 is 1.50 bits per heavy atom. The molecule has 0 aliphatic carbocycles. The van der Waals surface area contributed by atoms with Gasteiger partial charge < -0.3 is 15.4 Å². The van der Waals surface area contributed by atoms with Gasteiger partial charge >= 0.3 is 0 Å². The second-order valence-corrected chi connectivity index (χ2v) is 7.90. The summed E-state index contributed by atoms with van der Waals surface area (Å²) in [5.41, 5.74) is 0.154. The number of rotatable bonds is 5. The van der Waals surface area contributed by atoms with Crippen molar-refractivity contribution in [2.24, 2.45) is 0 Å². The summed E-state index contributed by atoms with van der Waals surface area (Å²) in [6.07, 6.45) is 1.68. The third-order valence-electron chi connectivity index (χ3n) is 3.47. The first-order chi connectivity index (χ1) is 11.3. The average molecular weight is 370 g/mol. The third kappa shape index (κ3) is 4.63. The number of amides is 1. The number of sulfone groups is 1. The van der Waals surface area contributed by atoms with E-state index in [9.17, 15) is 13.2 Å². The summed E-state index contributed by atoms with van der Waals surface area (Å²) in [4.78, 5) is 12.2. The molecule has 1 amide bonds. The number of carbonyl (C=O) groups is 1. The van der Waals surface area contributed by atoms with Gasteiger partial charge in [0.25, 0.3) is 5.91 Å². The van der Waals surface area contributed by atoms with E-state index in [1.807, 2.05) is 0 Å². The van der Waals surface area contributed by atoms with Gasteiger partial charge in [0.2, 0.25) is 0 Å². The first kappa shape index (κ1) is 18.1. The van der Waals surface area contributed by atoms with Crippen LogP contribution in [0, 0.1) is 11.3 Å². The van der Waals surface area contributed by atoms with Crippen molar-refractivity contribution in [1.29, 1.82) is 5.26 Å². The van der Waals surface area contributed by atoms with Crippen molar-refractivity contribution in [3.05, 3.63) is 35.0 Å². The zero-order valence-electron chi connectivity index (χ0n) is 12.9. The molecule has 0 aromatic heterocycles. The smallest absolute Gasteiger partial charge is 0.267 e. The monoisotopic (exact) mass is 369 g/mol. The van der Waals surface area contributed by atoms with Gasteiger partial charge in [-0.15, -0.1) is 0 Å². The molecule has 0 saturated carbocycles. The maximum Gasteiger partial charge on any atom is 0.267 e. The number of hydrogen-bond acceptors (Lipinski definition) is 6. The maximum atomic E-state index is 12.2. The zero-order chi connectivity index (χ0) is 17.7. The van der Waals surface area contributed by atoms with E-state index in [4.69, 9.17) is 21.6 Å². The van der Waals surface area contributed by atoms with Gasteiger partial charge in [-0.05, 0) is 24.6 Å². The average Bonchev–Trinajstić information content (AvgIpc) is 2.87. The predicted octanol–water partition coefficient (Wildman–Crippen LogP) is 1.47. The van der Waals surface area contributed by atoms with Crippen LogP contribution >= 0.6 is 11.6 Å². The number of nitriles is 1. The molecule has 1 aromatic carbocycles. The number of benzene rings is 1. The number of carbonyl (C=O) groups excluding carboxylic acids is 1. The molecule has 1 aliphatic rings. The Morgan fingerprint density at radius 2 is 2.25 bits per heavy atom. The van der Waals surface area contributed by atoms with Gasteiger partial charge in [0.05, 0.1) is 24.3 Å². The molecule has 1 fully saturated rings. The van der Waals surface area contributed by atoms with Crippen LogP contribution < -0.4 is 15.4 Å². The number of anilines is 1. The fourth-order valence-electron chi connectivity index (χ4n) is 2.24. The first-order valence-corrected chi connectivity index (χ1v) is 9.26. The van der Waals surface area contributed by atoms with E-state index in [1.54, 1.807) is 18.2 Å². The number of nitrogens with one attached hydrogen (secondary N) is 2. The lowest BCUT2D eigenvalue weighted by molar-refractivity contribution is -0.112. The summed E-state index contributed by atoms with van der Waals surface area (Å²) in [5.74, 6) is -0.149. The topological polar surface area (TPSA) is 108 Å². The van der Waals surface area contributed by atoms with Gasteiger partial charge in [0, 0.05) is 17.3 Å². The molecule has 7 nitrogen and oxygen atoms in total. The number of methoxy groups -OCH3 is 1. The highest BCUT2D eigenvalue weighted by Gasteiger charge is 2.27. The van der Waals surface area contributed by atoms with E-state index in [-0.39, 0.29) is 23.1 Å². The molecule has 2 rings (SSSR count). The van der Waals surface area contributed by atoms with Gasteiger partial charge in [0.1, 0.15) is 17.4 Å². The number of halogens is 1. The minimum atomic E-state index is -3.04. The second kappa shape index (κ2) is 7.55. The summed E-state index contributed by atoms with van der Waals surface area (Å²) < 4.78 is 27.9. The molecule has 0 bridgehead atoms. The van der Waals surface area contributed by atoms with Crippen LogP contribution in [-0.2, 0) is 14.6 Å². The van der Waals surface area contributed by atoms with Crippen molar-refractivity contribution in [1.82, 2.24) is 5.32 Å². The lowest BCUT2D eigenvalue weighted by Gasteiger charge is -2.11. The largest absolute Gasteiger partial charge is 0.495 e. The third-order valence-corrected chi connectivity index (χ3v) is 5.47. The summed E-state index contributed by atoms with van der Waals surface area (Å²) in [6, 6.07) is 6.19. The Hall–Kier alpha value is -2.24. The quantitative estimate of drug-likeness (QED) is 0.601. The van der Waals surface area contributed by atoms with E-state index in [2.05, 4.69) is 10.6 Å². The Bertz CT molecular complexity index is 814. The minimum Gasteiger partial charge on any atom is -0.495 e. The van der Waals surface area contributed by atoms with Crippen LogP contribution in [0.25, 0.3) is 0 Å². The molecular formula is C15H16ClN3O4S. The molecule has 1 aromatic rings. The molecule has 24 heavy (non-hydrogen) atoms. The van der Waals surface area contributed by atoms with Crippen molar-refractivity contribution in [2.75, 3.05) is 23.9 Å². The van der Waals surface area contributed by atoms with Gasteiger partial charge in [-0.2, -0.15) is 5.26 Å². The molecule has 2 N–H and O–H groups in total. The molecule has 0 radical (unpaired) electrons. The van der Waals surface area contributed by atoms with Crippen molar-refractivity contribution in [3.8, 4) is 11.8 Å². The fraction of sp³-hybridized carbons (Fsp3) is 0.333. The van der Waals surface area contributed by atoms with Crippen molar-refractivity contribution in [3.63, 3.8) is 0 Å². The Morgan fingerprint density at radius 3 is 2.83 bits per heavy atom. The van der Waals surface area contributed by atoms with Crippen LogP contribution in [0.3, 0.4) is 0 Å². The molecule has 1 saturated heterocycles. The molecule has 1 unspecified atom stereocenters. The summed E-state index contributed by atoms with van der Waals surface area (Å²) in [7, 11) is -1.59. The number of nitrogens with zero attached hydrogens (tertiary/aromatic N) is 1. The van der Waals surface area contributed by atoms with Crippen LogP contribution in [0.1, 0.15) is 6.42 Å². The molecule has 1 heterocycles. The van der Waals surface area contributed by atoms with Crippen molar-refractivity contribution in [2.45, 2.75) is 12.5 Å². The van der Waals surface area contributed by atoms with E-state index in [1.165, 1.54) is 19.4 Å². The van der Waals surface area contributed by atoms with Crippen LogP contribution in [0.5, 0.6) is 5.75 Å². The normalized spacial score (nSPS) is 19.4. The highest BCUT2D eigenvalue weighted by atomic mass is 35.5. The highest BCUT2D eigenvalue weighted by molar-refractivity contribution is 7.91. The van der Waals surface area contributed by atoms with Gasteiger partial charge in [-0.1, -0.05) is 11.6 Å². The lowest BCUT2D eigenvalue weighted by atomic mass is 10.2. The Kier molecular flexibility index (Phi) is 5.70. The lowest BCUT2D eigenvalue weighted by Crippen LogP contribution is -2.27. The maximum absolute atomic E-state index is 12.2. The predicted molar refractivity (Wildman–Crippen MR) is 90.5 cm³/mol. The molecule has 1 aliphatic heterocycles. The first-order valence-electron chi connectivity index (χ1n) is 7.06. The van der Waals surface area contributed by atoms with Crippen LogP contribution in [0.15, 0.2) is 30.0 Å². The van der Waals surface area contributed by atoms with E-state index in [0.717, 1.165) is 0 Å². The van der Waals surface area contributed by atoms with Gasteiger partial charge in [-0.25, -0.2) is 8.42 Å². The van der Waals surface area contributed by atoms with E-state index in [0.29, 0.717) is 22.9 Å². The van der Waals surface area contributed by atoms with Crippen molar-refractivity contribution >= 4 is 33.0 Å².